The molecular formula is C23H44O5. The first-order chi connectivity index (χ1) is 13.3. The number of hydrogen-bond donors (Lipinski definition) is 0. The van der Waals surface area contributed by atoms with Crippen LogP contribution in [0.25, 0.3) is 0 Å². The second-order valence-electron chi connectivity index (χ2n) is 8.70. The fraction of sp³-hybridized carbons (Fsp3) is 0.913. The molecule has 0 aromatic rings. The molecule has 0 aliphatic carbocycles. The molecule has 0 N–H and O–H groups in total. The minimum Gasteiger partial charge on any atom is -0.426 e. The van der Waals surface area contributed by atoms with Crippen LogP contribution in [-0.4, -0.2) is 17.7 Å². The highest BCUT2D eigenvalue weighted by Gasteiger charge is 2.19. The van der Waals surface area contributed by atoms with Gasteiger partial charge in [0.2, 0.25) is 0 Å². The minimum absolute atomic E-state index is 0.265. The minimum atomic E-state index is -0.989. The zero-order valence-electron chi connectivity index (χ0n) is 18.9. The van der Waals surface area contributed by atoms with Crippen molar-refractivity contribution in [2.24, 2.45) is 0 Å². The Morgan fingerprint density at radius 3 is 1.39 bits per heavy atom. The van der Waals surface area contributed by atoms with Crippen molar-refractivity contribution in [1.29, 1.82) is 0 Å². The van der Waals surface area contributed by atoms with Crippen molar-refractivity contribution < 1.29 is 24.1 Å². The number of ether oxygens (including phenoxy) is 1. The van der Waals surface area contributed by atoms with Gasteiger partial charge >= 0.3 is 12.1 Å². The third-order valence-electron chi connectivity index (χ3n) is 4.58. The molecule has 0 unspecified atom stereocenters. The number of rotatable bonds is 16. The average molecular weight is 401 g/mol. The summed E-state index contributed by atoms with van der Waals surface area (Å²) in [5.74, 6) is -0.527. The average Bonchev–Trinajstić information content (AvgIpc) is 2.62. The van der Waals surface area contributed by atoms with Gasteiger partial charge in [-0.1, -0.05) is 96.8 Å². The molecule has 0 saturated carbocycles. The lowest BCUT2D eigenvalue weighted by Crippen LogP contribution is -2.25. The van der Waals surface area contributed by atoms with Crippen LogP contribution in [0.5, 0.6) is 0 Å². The van der Waals surface area contributed by atoms with Crippen LogP contribution in [0.15, 0.2) is 0 Å². The van der Waals surface area contributed by atoms with Gasteiger partial charge in [-0.05, 0) is 27.2 Å². The maximum absolute atomic E-state index is 11.5. The zero-order chi connectivity index (χ0) is 21.1. The Hall–Kier alpha value is -1.26. The number of carbonyl (C=O) groups excluding carboxylic acids is 2. The van der Waals surface area contributed by atoms with Gasteiger partial charge in [0.15, 0.2) is 0 Å². The summed E-state index contributed by atoms with van der Waals surface area (Å²) >= 11 is 0. The Morgan fingerprint density at radius 1 is 0.607 bits per heavy atom. The fourth-order valence-corrected chi connectivity index (χ4v) is 3.03. The third kappa shape index (κ3) is 21.0. The first kappa shape index (κ1) is 26.7. The van der Waals surface area contributed by atoms with E-state index in [1.165, 1.54) is 77.0 Å². The molecule has 0 fully saturated rings. The molecule has 5 nitrogen and oxygen atoms in total. The van der Waals surface area contributed by atoms with Crippen LogP contribution < -0.4 is 0 Å². The molecule has 0 spiro atoms. The molecule has 0 bridgehead atoms. The molecule has 5 heteroatoms. The molecule has 0 atom stereocenters. The second-order valence-corrected chi connectivity index (χ2v) is 8.70. The van der Waals surface area contributed by atoms with Gasteiger partial charge < -0.3 is 4.74 Å². The van der Waals surface area contributed by atoms with Crippen molar-refractivity contribution in [1.82, 2.24) is 0 Å². The molecule has 0 aromatic heterocycles. The Morgan fingerprint density at radius 2 is 1.00 bits per heavy atom. The Kier molecular flexibility index (Phi) is 17.0. The summed E-state index contributed by atoms with van der Waals surface area (Å²) in [4.78, 5) is 31.5. The lowest BCUT2D eigenvalue weighted by atomic mass is 10.0. The Labute approximate surface area is 172 Å². The highest BCUT2D eigenvalue weighted by molar-refractivity contribution is 5.70. The van der Waals surface area contributed by atoms with Crippen LogP contribution in [-0.2, 0) is 19.3 Å². The zero-order valence-corrected chi connectivity index (χ0v) is 18.9. The molecule has 0 aromatic carbocycles. The summed E-state index contributed by atoms with van der Waals surface area (Å²) in [5.41, 5.74) is -0.669. The van der Waals surface area contributed by atoms with E-state index in [2.05, 4.69) is 16.7 Å². The predicted octanol–water partition coefficient (Wildman–Crippen LogP) is 7.66. The third-order valence-corrected chi connectivity index (χ3v) is 4.58. The van der Waals surface area contributed by atoms with Crippen LogP contribution in [0, 0.1) is 0 Å². The van der Waals surface area contributed by atoms with Crippen LogP contribution in [0.3, 0.4) is 0 Å². The lowest BCUT2D eigenvalue weighted by Gasteiger charge is -2.17. The van der Waals surface area contributed by atoms with Gasteiger partial charge in [-0.2, -0.15) is 4.79 Å². The molecule has 0 radical (unpaired) electrons. The van der Waals surface area contributed by atoms with E-state index < -0.39 is 17.7 Å². The van der Waals surface area contributed by atoms with Crippen LogP contribution in [0.4, 0.5) is 4.79 Å². The topological polar surface area (TPSA) is 61.8 Å². The van der Waals surface area contributed by atoms with Crippen LogP contribution >= 0.6 is 0 Å². The SMILES string of the molecule is CCCCCCCCCCCCCCCCCC(=O)OOC(=O)OC(C)(C)C. The highest BCUT2D eigenvalue weighted by atomic mass is 17.2. The maximum atomic E-state index is 11.5. The highest BCUT2D eigenvalue weighted by Crippen LogP contribution is 2.14. The van der Waals surface area contributed by atoms with E-state index >= 15 is 0 Å². The van der Waals surface area contributed by atoms with E-state index in [1.54, 1.807) is 20.8 Å². The quantitative estimate of drug-likeness (QED) is 0.115. The van der Waals surface area contributed by atoms with Gasteiger partial charge in [0.1, 0.15) is 5.60 Å². The number of hydrogen-bond acceptors (Lipinski definition) is 5. The summed E-state index contributed by atoms with van der Waals surface area (Å²) in [7, 11) is 0. The molecule has 0 amide bonds. The van der Waals surface area contributed by atoms with E-state index in [0.29, 0.717) is 0 Å². The molecule has 0 saturated heterocycles. The first-order valence-electron chi connectivity index (χ1n) is 11.5. The molecule has 0 aliphatic heterocycles. The fourth-order valence-electron chi connectivity index (χ4n) is 3.03. The van der Waals surface area contributed by atoms with E-state index in [-0.39, 0.29) is 6.42 Å². The van der Waals surface area contributed by atoms with Crippen molar-refractivity contribution in [3.63, 3.8) is 0 Å². The van der Waals surface area contributed by atoms with Crippen molar-refractivity contribution in [2.45, 2.75) is 136 Å². The normalized spacial score (nSPS) is 11.3. The smallest absolute Gasteiger partial charge is 0.426 e. The monoisotopic (exact) mass is 400 g/mol. The van der Waals surface area contributed by atoms with Gasteiger partial charge in [0, 0.05) is 0 Å². The summed E-state index contributed by atoms with van der Waals surface area (Å²) in [6.45, 7) is 7.40. The van der Waals surface area contributed by atoms with Crippen molar-refractivity contribution in [3.05, 3.63) is 0 Å². The van der Waals surface area contributed by atoms with Gasteiger partial charge in [0.05, 0.1) is 6.42 Å². The molecule has 0 aliphatic rings. The standard InChI is InChI=1S/C23H44O5/c1-5-6-7-8-9-10-11-12-13-14-15-16-17-18-19-20-21(24)27-28-22(25)26-23(2,3)4/h5-20H2,1-4H3. The van der Waals surface area contributed by atoms with E-state index in [1.807, 2.05) is 0 Å². The van der Waals surface area contributed by atoms with Gasteiger partial charge in [-0.3, -0.25) is 0 Å². The van der Waals surface area contributed by atoms with Crippen LogP contribution in [0.2, 0.25) is 0 Å². The number of carbonyl (C=O) groups is 2. The van der Waals surface area contributed by atoms with E-state index in [4.69, 9.17) is 4.74 Å². The Balaban J connectivity index is 3.28. The summed E-state index contributed by atoms with van der Waals surface area (Å²) < 4.78 is 4.88. The molecular weight excluding hydrogens is 356 g/mol. The predicted molar refractivity (Wildman–Crippen MR) is 113 cm³/mol. The molecule has 28 heavy (non-hydrogen) atoms. The molecule has 0 rings (SSSR count). The summed E-state index contributed by atoms with van der Waals surface area (Å²) in [6, 6.07) is 0. The first-order valence-corrected chi connectivity index (χ1v) is 11.5. The molecule has 166 valence electrons. The van der Waals surface area contributed by atoms with Crippen molar-refractivity contribution in [2.75, 3.05) is 0 Å². The lowest BCUT2D eigenvalue weighted by molar-refractivity contribution is -0.248. The summed E-state index contributed by atoms with van der Waals surface area (Å²) in [6.07, 6.45) is 18.4. The van der Waals surface area contributed by atoms with Gasteiger partial charge in [-0.25, -0.2) is 14.6 Å². The van der Waals surface area contributed by atoms with Gasteiger partial charge in [-0.15, -0.1) is 0 Å². The van der Waals surface area contributed by atoms with Crippen LogP contribution in [0.1, 0.15) is 130 Å². The van der Waals surface area contributed by atoms with E-state index in [0.717, 1.165) is 19.3 Å². The maximum Gasteiger partial charge on any atom is 0.550 e. The number of unbranched alkanes of at least 4 members (excludes halogenated alkanes) is 14. The van der Waals surface area contributed by atoms with Crippen molar-refractivity contribution in [3.8, 4) is 0 Å². The molecule has 0 heterocycles. The Bertz CT molecular complexity index is 387. The van der Waals surface area contributed by atoms with Gasteiger partial charge in [0.25, 0.3) is 0 Å². The summed E-state index contributed by atoms with van der Waals surface area (Å²) in [5, 5.41) is 0. The largest absolute Gasteiger partial charge is 0.550 e. The van der Waals surface area contributed by atoms with E-state index in [9.17, 15) is 9.59 Å². The second kappa shape index (κ2) is 17.8. The van der Waals surface area contributed by atoms with Crippen molar-refractivity contribution >= 4 is 12.1 Å².